The molecule has 0 unspecified atom stereocenters. The molecule has 20 heavy (non-hydrogen) atoms. The topological polar surface area (TPSA) is 37.3 Å². The Morgan fingerprint density at radius 3 is 1.65 bits per heavy atom. The molecule has 0 spiro atoms. The van der Waals surface area contributed by atoms with Gasteiger partial charge in [-0.15, -0.1) is 0 Å². The van der Waals surface area contributed by atoms with E-state index >= 15 is 0 Å². The second-order valence-corrected chi connectivity index (χ2v) is 5.40. The monoisotopic (exact) mass is 280 g/mol. The fraction of sp³-hybridized carbons (Fsp3) is 0.722. The lowest BCUT2D eigenvalue weighted by atomic mass is 10.1. The Labute approximate surface area is 125 Å². The lowest BCUT2D eigenvalue weighted by Crippen LogP contribution is -1.89. The average Bonchev–Trinajstić information content (AvgIpc) is 2.43. The van der Waals surface area contributed by atoms with E-state index in [-0.39, 0.29) is 6.42 Å². The van der Waals surface area contributed by atoms with E-state index in [1.807, 2.05) is 6.08 Å². The normalized spacial score (nSPS) is 11.7. The minimum absolute atomic E-state index is 0.161. The van der Waals surface area contributed by atoms with E-state index in [4.69, 9.17) is 5.11 Å². The zero-order chi connectivity index (χ0) is 14.9. The molecule has 0 aromatic carbocycles. The highest BCUT2D eigenvalue weighted by Crippen LogP contribution is 2.11. The molecule has 0 bridgehead atoms. The molecule has 1 N–H and O–H groups in total. The van der Waals surface area contributed by atoms with Crippen LogP contribution in [0.2, 0.25) is 0 Å². The van der Waals surface area contributed by atoms with E-state index < -0.39 is 5.97 Å². The van der Waals surface area contributed by atoms with Crippen LogP contribution in [0.15, 0.2) is 24.3 Å². The van der Waals surface area contributed by atoms with E-state index in [1.165, 1.54) is 64.2 Å². The number of carbonyl (C=O) groups is 1. The van der Waals surface area contributed by atoms with E-state index in [0.29, 0.717) is 0 Å². The minimum Gasteiger partial charge on any atom is -0.481 e. The zero-order valence-corrected chi connectivity index (χ0v) is 13.2. The van der Waals surface area contributed by atoms with Crippen LogP contribution in [0.5, 0.6) is 0 Å². The van der Waals surface area contributed by atoms with Gasteiger partial charge in [0.05, 0.1) is 6.42 Å². The molecular weight excluding hydrogens is 248 g/mol. The molecule has 0 rings (SSSR count). The van der Waals surface area contributed by atoms with Crippen LogP contribution < -0.4 is 0 Å². The first-order valence-electron chi connectivity index (χ1n) is 8.25. The second kappa shape index (κ2) is 16.0. The van der Waals surface area contributed by atoms with Crippen LogP contribution in [0.3, 0.4) is 0 Å². The first-order chi connectivity index (χ1) is 9.77. The average molecular weight is 280 g/mol. The first kappa shape index (κ1) is 18.9. The minimum atomic E-state index is -0.744. The number of unbranched alkanes of at least 4 members (excludes halogenated alkanes) is 10. The Balaban J connectivity index is 3.06. The molecular formula is C18H32O2. The molecule has 2 nitrogen and oxygen atoms in total. The van der Waals surface area contributed by atoms with Crippen molar-refractivity contribution in [2.75, 3.05) is 0 Å². The molecule has 0 atom stereocenters. The number of hydrogen-bond acceptors (Lipinski definition) is 1. The molecule has 0 aliphatic rings. The summed E-state index contributed by atoms with van der Waals surface area (Å²) in [6, 6.07) is 0. The highest BCUT2D eigenvalue weighted by molar-refractivity contribution is 5.68. The van der Waals surface area contributed by atoms with Gasteiger partial charge in [-0.05, 0) is 32.6 Å². The van der Waals surface area contributed by atoms with Crippen LogP contribution in [-0.4, -0.2) is 11.1 Å². The summed E-state index contributed by atoms with van der Waals surface area (Å²) in [6.45, 7) is 2.09. The zero-order valence-electron chi connectivity index (χ0n) is 13.2. The SMILES string of the molecule is CC=CCCCCCCCCCCCC=CCC(=O)O. The summed E-state index contributed by atoms with van der Waals surface area (Å²) >= 11 is 0. The van der Waals surface area contributed by atoms with Gasteiger partial charge in [0.2, 0.25) is 0 Å². The van der Waals surface area contributed by atoms with Crippen molar-refractivity contribution in [3.05, 3.63) is 24.3 Å². The van der Waals surface area contributed by atoms with E-state index in [0.717, 1.165) is 6.42 Å². The molecule has 2 heteroatoms. The molecule has 0 saturated heterocycles. The van der Waals surface area contributed by atoms with Gasteiger partial charge < -0.3 is 5.11 Å². The van der Waals surface area contributed by atoms with E-state index in [9.17, 15) is 4.79 Å². The van der Waals surface area contributed by atoms with Crippen molar-refractivity contribution in [2.45, 2.75) is 84.0 Å². The number of aliphatic carboxylic acids is 1. The van der Waals surface area contributed by atoms with E-state index in [2.05, 4.69) is 19.1 Å². The molecule has 0 aromatic heterocycles. The number of carboxylic acid groups (broad SMARTS) is 1. The summed E-state index contributed by atoms with van der Waals surface area (Å²) in [5.74, 6) is -0.744. The lowest BCUT2D eigenvalue weighted by Gasteiger charge is -2.01. The Morgan fingerprint density at radius 1 is 0.750 bits per heavy atom. The fourth-order valence-corrected chi connectivity index (χ4v) is 2.23. The number of carboxylic acids is 1. The molecule has 0 amide bonds. The summed E-state index contributed by atoms with van der Waals surface area (Å²) in [5, 5.41) is 8.46. The molecule has 0 aliphatic heterocycles. The molecule has 0 saturated carbocycles. The van der Waals surface area contributed by atoms with Crippen molar-refractivity contribution >= 4 is 5.97 Å². The molecule has 0 heterocycles. The van der Waals surface area contributed by atoms with Crippen molar-refractivity contribution in [2.24, 2.45) is 0 Å². The predicted molar refractivity (Wildman–Crippen MR) is 87.0 cm³/mol. The number of hydrogen-bond donors (Lipinski definition) is 1. The van der Waals surface area contributed by atoms with Gasteiger partial charge in [0, 0.05) is 0 Å². The van der Waals surface area contributed by atoms with Crippen LogP contribution in [0.1, 0.15) is 84.0 Å². The van der Waals surface area contributed by atoms with Gasteiger partial charge in [0.25, 0.3) is 0 Å². The van der Waals surface area contributed by atoms with Crippen LogP contribution >= 0.6 is 0 Å². The van der Waals surface area contributed by atoms with Gasteiger partial charge in [-0.2, -0.15) is 0 Å². The maximum absolute atomic E-state index is 10.3. The standard InChI is InChI=1S/C18H32O2/c1-2-3-4-5-6-7-8-9-10-11-12-13-14-15-16-17-18(19)20/h2-3,15-16H,4-14,17H2,1H3,(H,19,20). The molecule has 0 fully saturated rings. The Hall–Kier alpha value is -1.05. The van der Waals surface area contributed by atoms with Crippen molar-refractivity contribution in [3.8, 4) is 0 Å². The van der Waals surface area contributed by atoms with Crippen LogP contribution in [0, 0.1) is 0 Å². The Morgan fingerprint density at radius 2 is 1.20 bits per heavy atom. The van der Waals surface area contributed by atoms with Crippen molar-refractivity contribution < 1.29 is 9.90 Å². The maximum atomic E-state index is 10.3. The summed E-state index contributed by atoms with van der Waals surface area (Å²) in [6.07, 6.45) is 22.6. The molecule has 0 aliphatic carbocycles. The quantitative estimate of drug-likeness (QED) is 0.318. The molecule has 0 radical (unpaired) electrons. The van der Waals surface area contributed by atoms with Gasteiger partial charge >= 0.3 is 5.97 Å². The van der Waals surface area contributed by atoms with Crippen molar-refractivity contribution in [1.82, 2.24) is 0 Å². The smallest absolute Gasteiger partial charge is 0.307 e. The van der Waals surface area contributed by atoms with Gasteiger partial charge in [0.15, 0.2) is 0 Å². The second-order valence-electron chi connectivity index (χ2n) is 5.40. The predicted octanol–water partition coefficient (Wildman–Crippen LogP) is 5.88. The third-order valence-corrected chi connectivity index (χ3v) is 3.44. The summed E-state index contributed by atoms with van der Waals surface area (Å²) in [7, 11) is 0. The lowest BCUT2D eigenvalue weighted by molar-refractivity contribution is -0.136. The van der Waals surface area contributed by atoms with Gasteiger partial charge in [-0.3, -0.25) is 4.79 Å². The van der Waals surface area contributed by atoms with Crippen LogP contribution in [-0.2, 0) is 4.79 Å². The first-order valence-corrected chi connectivity index (χ1v) is 8.25. The largest absolute Gasteiger partial charge is 0.481 e. The number of rotatable bonds is 14. The van der Waals surface area contributed by atoms with Crippen molar-refractivity contribution in [3.63, 3.8) is 0 Å². The highest BCUT2D eigenvalue weighted by Gasteiger charge is 1.92. The summed E-state index contributed by atoms with van der Waals surface area (Å²) in [5.41, 5.74) is 0. The van der Waals surface area contributed by atoms with Crippen LogP contribution in [0.4, 0.5) is 0 Å². The summed E-state index contributed by atoms with van der Waals surface area (Å²) < 4.78 is 0. The third-order valence-electron chi connectivity index (χ3n) is 3.44. The van der Waals surface area contributed by atoms with Crippen molar-refractivity contribution in [1.29, 1.82) is 0 Å². The highest BCUT2D eigenvalue weighted by atomic mass is 16.4. The van der Waals surface area contributed by atoms with Gasteiger partial charge in [-0.1, -0.05) is 69.2 Å². The number of allylic oxidation sites excluding steroid dienone is 3. The van der Waals surface area contributed by atoms with E-state index in [1.54, 1.807) is 6.08 Å². The summed E-state index contributed by atoms with van der Waals surface area (Å²) in [4.78, 5) is 10.3. The fourth-order valence-electron chi connectivity index (χ4n) is 2.23. The maximum Gasteiger partial charge on any atom is 0.307 e. The third kappa shape index (κ3) is 16.9. The van der Waals surface area contributed by atoms with Gasteiger partial charge in [0.1, 0.15) is 0 Å². The molecule has 0 aromatic rings. The Kier molecular flexibility index (Phi) is 15.2. The van der Waals surface area contributed by atoms with Crippen LogP contribution in [0.25, 0.3) is 0 Å². The Bertz CT molecular complexity index is 267. The van der Waals surface area contributed by atoms with Gasteiger partial charge in [-0.25, -0.2) is 0 Å². The molecule has 116 valence electrons.